The van der Waals surface area contributed by atoms with Crippen LogP contribution in [0.5, 0.6) is 0 Å². The first-order chi connectivity index (χ1) is 19.6. The minimum absolute atomic E-state index is 0.0605. The third-order valence-corrected chi connectivity index (χ3v) is 8.50. The van der Waals surface area contributed by atoms with Crippen LogP contribution < -0.4 is 5.32 Å². The maximum atomic E-state index is 12.1. The van der Waals surface area contributed by atoms with E-state index in [0.29, 0.717) is 25.8 Å². The summed E-state index contributed by atoms with van der Waals surface area (Å²) in [4.78, 5) is 59.6. The quantitative estimate of drug-likeness (QED) is 0.131. The summed E-state index contributed by atoms with van der Waals surface area (Å²) in [6.07, 6.45) is 6.12. The van der Waals surface area contributed by atoms with Gasteiger partial charge in [0, 0.05) is 6.54 Å². The topological polar surface area (TPSA) is 180 Å². The molecule has 0 spiro atoms. The summed E-state index contributed by atoms with van der Waals surface area (Å²) in [6, 6.07) is -0.687. The molecule has 0 aromatic rings. The highest BCUT2D eigenvalue weighted by atomic mass is 16.5. The number of carbonyl (C=O) groups excluding carboxylic acids is 3. The Kier molecular flexibility index (Phi) is 15.5. The van der Waals surface area contributed by atoms with Crippen LogP contribution >= 0.6 is 0 Å². The van der Waals surface area contributed by atoms with Crippen molar-refractivity contribution in [1.82, 2.24) is 10.2 Å². The smallest absolute Gasteiger partial charge is 0.320 e. The van der Waals surface area contributed by atoms with Gasteiger partial charge in [-0.15, -0.1) is 0 Å². The standard InChI is InChI=1S/C17H29NO5.C13H23NO5/c1-4-17(2,3)16(22)23-11-10-18-14(19)13(15(20)21)12-8-6-5-7-9-12;1-4-13(2,3)12(18)19-8-10(15)14-7-5-6-9(14)11(16)17/h12-13H,4-11H2,1-3H3,(H,18,19)(H,20,21);9-10,15H,4-8H2,1-3H3,(H,16,17). The summed E-state index contributed by atoms with van der Waals surface area (Å²) >= 11 is 0. The number of ether oxygens (including phenoxy) is 2. The van der Waals surface area contributed by atoms with Crippen molar-refractivity contribution in [3.8, 4) is 0 Å². The Bertz CT molecular complexity index is 914. The maximum Gasteiger partial charge on any atom is 0.320 e. The van der Waals surface area contributed by atoms with Crippen molar-refractivity contribution in [2.45, 2.75) is 112 Å². The number of hydrogen-bond acceptors (Lipinski definition) is 9. The van der Waals surface area contributed by atoms with Crippen molar-refractivity contribution in [3.05, 3.63) is 0 Å². The molecule has 12 heteroatoms. The number of carboxylic acids is 2. The number of nitrogens with one attached hydrogen (secondary N) is 1. The Balaban J connectivity index is 0.000000428. The van der Waals surface area contributed by atoms with Crippen molar-refractivity contribution in [2.75, 3.05) is 26.3 Å². The first-order valence-electron chi connectivity index (χ1n) is 15.1. The number of carboxylic acid groups (broad SMARTS) is 2. The molecule has 2 fully saturated rings. The Morgan fingerprint density at radius 1 is 0.857 bits per heavy atom. The highest BCUT2D eigenvalue weighted by Crippen LogP contribution is 2.30. The first kappa shape index (κ1) is 37.3. The second-order valence-electron chi connectivity index (χ2n) is 12.4. The number of nitrogens with zero attached hydrogens (tertiary/aromatic N) is 1. The fraction of sp³-hybridized carbons (Fsp3) is 0.833. The van der Waals surface area contributed by atoms with Crippen LogP contribution in [-0.2, 0) is 33.4 Å². The van der Waals surface area contributed by atoms with Gasteiger partial charge in [0.2, 0.25) is 5.91 Å². The number of aliphatic carboxylic acids is 2. The average Bonchev–Trinajstić information content (AvgIpc) is 3.45. The zero-order valence-corrected chi connectivity index (χ0v) is 26.1. The SMILES string of the molecule is CCC(C)(C)C(=O)OCC(O)N1CCCC1C(=O)O.CCC(C)(C)C(=O)OCCNC(=O)C(C(=O)O)C1CCCCC1. The van der Waals surface area contributed by atoms with E-state index in [4.69, 9.17) is 14.6 Å². The Hall–Kier alpha value is -2.73. The molecule has 3 unspecified atom stereocenters. The van der Waals surface area contributed by atoms with E-state index >= 15 is 0 Å². The molecular formula is C30H52N2O10. The van der Waals surface area contributed by atoms with Crippen LogP contribution in [0, 0.1) is 22.7 Å². The van der Waals surface area contributed by atoms with Crippen LogP contribution in [0.4, 0.5) is 0 Å². The van der Waals surface area contributed by atoms with Gasteiger partial charge in [-0.05, 0) is 72.1 Å². The molecule has 4 N–H and O–H groups in total. The monoisotopic (exact) mass is 600 g/mol. The van der Waals surface area contributed by atoms with Gasteiger partial charge in [0.1, 0.15) is 31.4 Å². The summed E-state index contributed by atoms with van der Waals surface area (Å²) in [6.45, 7) is 11.5. The van der Waals surface area contributed by atoms with Gasteiger partial charge in [0.15, 0.2) is 0 Å². The van der Waals surface area contributed by atoms with Gasteiger partial charge in [0.25, 0.3) is 0 Å². The number of rotatable bonds is 14. The van der Waals surface area contributed by atoms with Crippen molar-refractivity contribution in [3.63, 3.8) is 0 Å². The summed E-state index contributed by atoms with van der Waals surface area (Å²) < 4.78 is 10.2. The van der Waals surface area contributed by atoms with Crippen LogP contribution in [-0.4, -0.2) is 88.6 Å². The summed E-state index contributed by atoms with van der Waals surface area (Å²) in [5.41, 5.74) is -1.13. The average molecular weight is 601 g/mol. The van der Waals surface area contributed by atoms with Crippen molar-refractivity contribution in [2.24, 2.45) is 22.7 Å². The molecule has 1 heterocycles. The van der Waals surface area contributed by atoms with Crippen LogP contribution in [0.2, 0.25) is 0 Å². The molecule has 1 saturated carbocycles. The molecule has 0 bridgehead atoms. The second kappa shape index (κ2) is 17.4. The number of hydrogen-bond donors (Lipinski definition) is 4. The van der Waals surface area contributed by atoms with E-state index in [9.17, 15) is 34.2 Å². The molecule has 12 nitrogen and oxygen atoms in total. The number of esters is 2. The number of aliphatic hydroxyl groups excluding tert-OH is 1. The van der Waals surface area contributed by atoms with Crippen LogP contribution in [0.1, 0.15) is 99.3 Å². The van der Waals surface area contributed by atoms with Gasteiger partial charge in [-0.25, -0.2) is 0 Å². The van der Waals surface area contributed by atoms with E-state index in [0.717, 1.165) is 38.5 Å². The summed E-state index contributed by atoms with van der Waals surface area (Å²) in [7, 11) is 0. The molecule has 1 amide bonds. The van der Waals surface area contributed by atoms with E-state index in [1.807, 2.05) is 13.8 Å². The minimum atomic E-state index is -1.07. The number of likely N-dealkylation sites (tertiary alicyclic amines) is 1. The van der Waals surface area contributed by atoms with E-state index in [1.54, 1.807) is 27.7 Å². The molecule has 1 saturated heterocycles. The van der Waals surface area contributed by atoms with E-state index in [-0.39, 0.29) is 37.6 Å². The van der Waals surface area contributed by atoms with Gasteiger partial charge in [0.05, 0.1) is 17.4 Å². The first-order valence-corrected chi connectivity index (χ1v) is 15.1. The highest BCUT2D eigenvalue weighted by Gasteiger charge is 2.37. The Morgan fingerprint density at radius 3 is 1.90 bits per heavy atom. The molecule has 0 aromatic heterocycles. The zero-order chi connectivity index (χ0) is 32.1. The third kappa shape index (κ3) is 11.5. The Labute approximate surface area is 249 Å². The van der Waals surface area contributed by atoms with Gasteiger partial charge in [-0.3, -0.25) is 28.9 Å². The van der Waals surface area contributed by atoms with Gasteiger partial charge in [-0.1, -0.05) is 33.1 Å². The lowest BCUT2D eigenvalue weighted by molar-refractivity contribution is -0.164. The fourth-order valence-electron chi connectivity index (χ4n) is 4.76. The number of amides is 1. The van der Waals surface area contributed by atoms with Crippen LogP contribution in [0.3, 0.4) is 0 Å². The van der Waals surface area contributed by atoms with Crippen molar-refractivity contribution < 1.29 is 48.8 Å². The fourth-order valence-corrected chi connectivity index (χ4v) is 4.76. The predicted octanol–water partition coefficient (Wildman–Crippen LogP) is 3.20. The molecule has 242 valence electrons. The van der Waals surface area contributed by atoms with Gasteiger partial charge < -0.3 is 30.1 Å². The van der Waals surface area contributed by atoms with Crippen LogP contribution in [0.25, 0.3) is 0 Å². The number of aliphatic hydroxyl groups is 1. The normalized spacial score (nSPS) is 19.5. The highest BCUT2D eigenvalue weighted by molar-refractivity contribution is 5.97. The maximum absolute atomic E-state index is 12.1. The minimum Gasteiger partial charge on any atom is -0.481 e. The zero-order valence-electron chi connectivity index (χ0n) is 26.1. The molecule has 42 heavy (non-hydrogen) atoms. The summed E-state index contributed by atoms with van der Waals surface area (Å²) in [5.74, 6) is -4.28. The van der Waals surface area contributed by atoms with Gasteiger partial charge in [-0.2, -0.15) is 0 Å². The van der Waals surface area contributed by atoms with Gasteiger partial charge >= 0.3 is 23.9 Å². The molecule has 3 atom stereocenters. The Morgan fingerprint density at radius 2 is 1.40 bits per heavy atom. The lowest BCUT2D eigenvalue weighted by atomic mass is 9.79. The van der Waals surface area contributed by atoms with Crippen LogP contribution in [0.15, 0.2) is 0 Å². The lowest BCUT2D eigenvalue weighted by Gasteiger charge is -2.28. The molecule has 2 rings (SSSR count). The predicted molar refractivity (Wildman–Crippen MR) is 154 cm³/mol. The van der Waals surface area contributed by atoms with Crippen molar-refractivity contribution >= 4 is 29.8 Å². The molecular weight excluding hydrogens is 548 g/mol. The molecule has 1 aliphatic carbocycles. The molecule has 1 aliphatic heterocycles. The number of carbonyl (C=O) groups is 5. The van der Waals surface area contributed by atoms with E-state index in [2.05, 4.69) is 5.32 Å². The molecule has 0 aromatic carbocycles. The molecule has 0 radical (unpaired) electrons. The lowest BCUT2D eigenvalue weighted by Crippen LogP contribution is -2.46. The van der Waals surface area contributed by atoms with E-state index < -0.39 is 46.9 Å². The third-order valence-electron chi connectivity index (χ3n) is 8.50. The van der Waals surface area contributed by atoms with E-state index in [1.165, 1.54) is 4.90 Å². The van der Waals surface area contributed by atoms with Crippen molar-refractivity contribution in [1.29, 1.82) is 0 Å². The largest absolute Gasteiger partial charge is 0.481 e. The summed E-state index contributed by atoms with van der Waals surface area (Å²) in [5, 5.41) is 30.9. The second-order valence-corrected chi connectivity index (χ2v) is 12.4. The molecule has 2 aliphatic rings.